The second-order valence-corrected chi connectivity index (χ2v) is 4.35. The maximum absolute atomic E-state index is 5.46. The molecule has 0 aliphatic carbocycles. The number of aromatic nitrogens is 3. The third-order valence-electron chi connectivity index (χ3n) is 2.58. The summed E-state index contributed by atoms with van der Waals surface area (Å²) in [5.74, 6) is 0. The first-order valence-electron chi connectivity index (χ1n) is 9.12. The zero-order chi connectivity index (χ0) is 19.2. The largest absolute Gasteiger partial charge is 0.378 e. The summed E-state index contributed by atoms with van der Waals surface area (Å²) in [5, 5.41) is 10.9. The fourth-order valence-corrected chi connectivity index (χ4v) is 1.54. The summed E-state index contributed by atoms with van der Waals surface area (Å²) in [6.07, 6.45) is 1.85. The van der Waals surface area contributed by atoms with E-state index in [4.69, 9.17) is 18.9 Å². The highest BCUT2D eigenvalue weighted by Crippen LogP contribution is 1.94. The standard InChI is InChI=1S/C13H26N4O4.2C2H6/c1-14-3-5-19-7-9-21-10-8-20-6-4-17-11-13(12-18-2)15-16-17;2*1-2/h11,14H,3-10,12H2,1-2H3;2*1-2H3. The van der Waals surface area contributed by atoms with Crippen LogP contribution < -0.4 is 5.32 Å². The van der Waals surface area contributed by atoms with Crippen molar-refractivity contribution in [3.05, 3.63) is 11.9 Å². The predicted molar refractivity (Wildman–Crippen MR) is 99.8 cm³/mol. The van der Waals surface area contributed by atoms with Crippen molar-refractivity contribution in [3.63, 3.8) is 0 Å². The summed E-state index contributed by atoms with van der Waals surface area (Å²) < 4.78 is 22.9. The van der Waals surface area contributed by atoms with E-state index in [1.165, 1.54) is 0 Å². The van der Waals surface area contributed by atoms with Crippen LogP contribution in [0, 0.1) is 0 Å². The molecule has 8 nitrogen and oxygen atoms in total. The molecule has 0 unspecified atom stereocenters. The highest BCUT2D eigenvalue weighted by Gasteiger charge is 1.99. The van der Waals surface area contributed by atoms with Crippen LogP contribution in [0.3, 0.4) is 0 Å². The predicted octanol–water partition coefficient (Wildman–Crippen LogP) is 1.75. The third kappa shape index (κ3) is 17.6. The minimum atomic E-state index is 0.477. The van der Waals surface area contributed by atoms with Crippen LogP contribution in [0.2, 0.25) is 0 Å². The minimum Gasteiger partial charge on any atom is -0.378 e. The number of hydrogen-bond donors (Lipinski definition) is 1. The molecule has 0 spiro atoms. The number of nitrogens with zero attached hydrogens (tertiary/aromatic N) is 3. The van der Waals surface area contributed by atoms with Crippen LogP contribution in [0.25, 0.3) is 0 Å². The molecule has 0 radical (unpaired) electrons. The Morgan fingerprint density at radius 2 is 1.48 bits per heavy atom. The van der Waals surface area contributed by atoms with Crippen molar-refractivity contribution in [3.8, 4) is 0 Å². The zero-order valence-corrected chi connectivity index (χ0v) is 16.9. The molecule has 0 atom stereocenters. The Labute approximate surface area is 153 Å². The molecule has 1 heterocycles. The van der Waals surface area contributed by atoms with Crippen molar-refractivity contribution >= 4 is 0 Å². The molecule has 0 aliphatic rings. The number of methoxy groups -OCH3 is 1. The number of rotatable bonds is 14. The molecule has 0 bridgehead atoms. The van der Waals surface area contributed by atoms with Crippen molar-refractivity contribution in [1.29, 1.82) is 0 Å². The molecule has 150 valence electrons. The van der Waals surface area contributed by atoms with E-state index in [2.05, 4.69) is 15.6 Å². The summed E-state index contributed by atoms with van der Waals surface area (Å²) >= 11 is 0. The highest BCUT2D eigenvalue weighted by molar-refractivity contribution is 4.89. The lowest BCUT2D eigenvalue weighted by Crippen LogP contribution is -2.17. The number of nitrogens with one attached hydrogen (secondary N) is 1. The SMILES string of the molecule is CC.CC.CNCCOCCOCCOCCn1cc(COC)nn1. The van der Waals surface area contributed by atoms with Gasteiger partial charge in [-0.25, -0.2) is 4.68 Å². The lowest BCUT2D eigenvalue weighted by molar-refractivity contribution is 0.0134. The molecule has 0 saturated heterocycles. The number of ether oxygens (including phenoxy) is 4. The molecule has 0 saturated carbocycles. The van der Waals surface area contributed by atoms with Crippen molar-refractivity contribution < 1.29 is 18.9 Å². The van der Waals surface area contributed by atoms with Crippen LogP contribution in [0.4, 0.5) is 0 Å². The van der Waals surface area contributed by atoms with E-state index in [1.54, 1.807) is 11.8 Å². The maximum atomic E-state index is 5.46. The van der Waals surface area contributed by atoms with Gasteiger partial charge in [0.15, 0.2) is 0 Å². The van der Waals surface area contributed by atoms with Crippen LogP contribution in [-0.4, -0.2) is 75.3 Å². The Bertz CT molecular complexity index is 351. The summed E-state index contributed by atoms with van der Waals surface area (Å²) in [5.41, 5.74) is 0.819. The van der Waals surface area contributed by atoms with E-state index >= 15 is 0 Å². The Balaban J connectivity index is 0. The first kappa shape index (κ1) is 26.2. The lowest BCUT2D eigenvalue weighted by Gasteiger charge is -2.06. The molecule has 1 rings (SSSR count). The Hall–Kier alpha value is -1.06. The lowest BCUT2D eigenvalue weighted by atomic mass is 10.5. The first-order valence-corrected chi connectivity index (χ1v) is 9.12. The molecule has 1 aromatic heterocycles. The maximum Gasteiger partial charge on any atom is 0.108 e. The zero-order valence-electron chi connectivity index (χ0n) is 16.9. The quantitative estimate of drug-likeness (QED) is 0.505. The van der Waals surface area contributed by atoms with Crippen LogP contribution in [0.15, 0.2) is 6.20 Å². The van der Waals surface area contributed by atoms with Crippen LogP contribution in [0.1, 0.15) is 33.4 Å². The van der Waals surface area contributed by atoms with Crippen molar-refractivity contribution in [2.45, 2.75) is 40.8 Å². The topological polar surface area (TPSA) is 79.7 Å². The molecule has 1 N–H and O–H groups in total. The molecule has 1 aromatic rings. The van der Waals surface area contributed by atoms with Gasteiger partial charge in [-0.2, -0.15) is 0 Å². The smallest absolute Gasteiger partial charge is 0.108 e. The van der Waals surface area contributed by atoms with Gasteiger partial charge in [-0.1, -0.05) is 32.9 Å². The van der Waals surface area contributed by atoms with E-state index < -0.39 is 0 Å². The van der Waals surface area contributed by atoms with E-state index in [9.17, 15) is 0 Å². The summed E-state index contributed by atoms with van der Waals surface area (Å²) in [7, 11) is 3.53. The van der Waals surface area contributed by atoms with Gasteiger partial charge in [0.05, 0.1) is 59.0 Å². The van der Waals surface area contributed by atoms with Gasteiger partial charge >= 0.3 is 0 Å². The second-order valence-electron chi connectivity index (χ2n) is 4.35. The molecule has 0 aromatic carbocycles. The summed E-state index contributed by atoms with van der Waals surface area (Å²) in [6, 6.07) is 0. The third-order valence-corrected chi connectivity index (χ3v) is 2.58. The normalized spacial score (nSPS) is 9.84. The Morgan fingerprint density at radius 3 is 2.04 bits per heavy atom. The second kappa shape index (κ2) is 22.9. The number of likely N-dealkylation sites (N-methyl/N-ethyl adjacent to an activating group) is 1. The van der Waals surface area contributed by atoms with Crippen molar-refractivity contribution in [2.75, 3.05) is 60.3 Å². The fraction of sp³-hybridized carbons (Fsp3) is 0.882. The van der Waals surface area contributed by atoms with Crippen LogP contribution >= 0.6 is 0 Å². The number of hydrogen-bond acceptors (Lipinski definition) is 7. The highest BCUT2D eigenvalue weighted by atomic mass is 16.5. The molecule has 25 heavy (non-hydrogen) atoms. The van der Waals surface area contributed by atoms with Crippen LogP contribution in [-0.2, 0) is 32.1 Å². The van der Waals surface area contributed by atoms with Gasteiger partial charge in [-0.05, 0) is 7.05 Å². The van der Waals surface area contributed by atoms with Gasteiger partial charge in [0, 0.05) is 13.7 Å². The van der Waals surface area contributed by atoms with Gasteiger partial charge in [-0.3, -0.25) is 0 Å². The van der Waals surface area contributed by atoms with Gasteiger partial charge < -0.3 is 24.3 Å². The van der Waals surface area contributed by atoms with Gasteiger partial charge in [-0.15, -0.1) is 5.10 Å². The monoisotopic (exact) mass is 362 g/mol. The summed E-state index contributed by atoms with van der Waals surface area (Å²) in [4.78, 5) is 0. The van der Waals surface area contributed by atoms with E-state index in [-0.39, 0.29) is 0 Å². The van der Waals surface area contributed by atoms with Gasteiger partial charge in [0.1, 0.15) is 5.69 Å². The molecule has 0 aliphatic heterocycles. The molecular formula is C17H38N4O4. The Morgan fingerprint density at radius 1 is 0.920 bits per heavy atom. The molecule has 0 amide bonds. The van der Waals surface area contributed by atoms with Crippen molar-refractivity contribution in [1.82, 2.24) is 20.3 Å². The minimum absolute atomic E-state index is 0.477. The molecule has 0 fully saturated rings. The molecule has 8 heteroatoms. The van der Waals surface area contributed by atoms with E-state index in [0.29, 0.717) is 52.8 Å². The van der Waals surface area contributed by atoms with Crippen molar-refractivity contribution in [2.24, 2.45) is 0 Å². The molecular weight excluding hydrogens is 324 g/mol. The average molecular weight is 363 g/mol. The average Bonchev–Trinajstić information content (AvgIpc) is 3.11. The van der Waals surface area contributed by atoms with Gasteiger partial charge in [0.25, 0.3) is 0 Å². The van der Waals surface area contributed by atoms with E-state index in [0.717, 1.165) is 12.2 Å². The summed E-state index contributed by atoms with van der Waals surface area (Å²) in [6.45, 7) is 13.6. The first-order chi connectivity index (χ1) is 12.4. The van der Waals surface area contributed by atoms with Gasteiger partial charge in [0.2, 0.25) is 0 Å². The Kier molecular flexibility index (Phi) is 24.0. The van der Waals surface area contributed by atoms with Crippen LogP contribution in [0.5, 0.6) is 0 Å². The van der Waals surface area contributed by atoms with E-state index in [1.807, 2.05) is 40.9 Å². The fourth-order valence-electron chi connectivity index (χ4n) is 1.54.